The van der Waals surface area contributed by atoms with Crippen molar-refractivity contribution in [2.24, 2.45) is 0 Å². The van der Waals surface area contributed by atoms with Gasteiger partial charge in [0.25, 0.3) is 0 Å². The summed E-state index contributed by atoms with van der Waals surface area (Å²) in [4.78, 5) is 13.7. The normalized spacial score (nSPS) is 12.2. The van der Waals surface area contributed by atoms with Gasteiger partial charge in [-0.15, -0.1) is 0 Å². The first-order chi connectivity index (χ1) is 8.52. The average Bonchev–Trinajstić information content (AvgIpc) is 2.38. The molecule has 1 aromatic carbocycles. The van der Waals surface area contributed by atoms with Crippen molar-refractivity contribution < 1.29 is 4.79 Å². The number of rotatable bonds is 6. The molecular formula is C15H24N2O. The van der Waals surface area contributed by atoms with Gasteiger partial charge in [0.1, 0.15) is 0 Å². The third-order valence-electron chi connectivity index (χ3n) is 3.18. The predicted molar refractivity (Wildman–Crippen MR) is 75.4 cm³/mol. The molecule has 0 fully saturated rings. The van der Waals surface area contributed by atoms with Crippen LogP contribution >= 0.6 is 0 Å². The zero-order valence-electron chi connectivity index (χ0n) is 11.9. The fourth-order valence-corrected chi connectivity index (χ4v) is 1.60. The maximum absolute atomic E-state index is 11.9. The molecular weight excluding hydrogens is 224 g/mol. The van der Waals surface area contributed by atoms with Crippen LogP contribution in [-0.2, 0) is 11.3 Å². The Balaban J connectivity index is 2.42. The second-order valence-electron chi connectivity index (χ2n) is 4.93. The van der Waals surface area contributed by atoms with E-state index in [2.05, 4.69) is 50.4 Å². The van der Waals surface area contributed by atoms with Crippen LogP contribution in [0.25, 0.3) is 0 Å². The molecule has 0 radical (unpaired) electrons. The van der Waals surface area contributed by atoms with Crippen LogP contribution in [0, 0.1) is 6.92 Å². The average molecular weight is 248 g/mol. The molecule has 0 heterocycles. The Bertz CT molecular complexity index is 373. The van der Waals surface area contributed by atoms with Gasteiger partial charge in [0.15, 0.2) is 0 Å². The molecule has 0 saturated heterocycles. The molecule has 0 spiro atoms. The van der Waals surface area contributed by atoms with Crippen molar-refractivity contribution in [1.82, 2.24) is 10.2 Å². The van der Waals surface area contributed by atoms with E-state index in [0.29, 0.717) is 19.1 Å². The summed E-state index contributed by atoms with van der Waals surface area (Å²) >= 11 is 0. The summed E-state index contributed by atoms with van der Waals surface area (Å²) in [6, 6.07) is 8.68. The maximum Gasteiger partial charge on any atom is 0.236 e. The molecule has 0 aromatic heterocycles. The summed E-state index contributed by atoms with van der Waals surface area (Å²) in [5, 5.41) is 3.22. The van der Waals surface area contributed by atoms with Crippen molar-refractivity contribution in [2.75, 3.05) is 13.6 Å². The molecule has 18 heavy (non-hydrogen) atoms. The lowest BCUT2D eigenvalue weighted by atomic mass is 10.1. The maximum atomic E-state index is 11.9. The van der Waals surface area contributed by atoms with E-state index in [0.717, 1.165) is 6.42 Å². The van der Waals surface area contributed by atoms with Crippen molar-refractivity contribution in [1.29, 1.82) is 0 Å². The molecule has 0 aliphatic heterocycles. The van der Waals surface area contributed by atoms with Crippen LogP contribution in [0.5, 0.6) is 0 Å². The molecule has 100 valence electrons. The number of carbonyl (C=O) groups excluding carboxylic acids is 1. The van der Waals surface area contributed by atoms with E-state index in [1.807, 2.05) is 7.05 Å². The minimum Gasteiger partial charge on any atom is -0.340 e. The Morgan fingerprint density at radius 2 is 1.94 bits per heavy atom. The molecule has 0 aliphatic carbocycles. The first-order valence-corrected chi connectivity index (χ1v) is 6.55. The van der Waals surface area contributed by atoms with E-state index in [1.165, 1.54) is 11.1 Å². The molecule has 1 unspecified atom stereocenters. The van der Waals surface area contributed by atoms with E-state index in [9.17, 15) is 4.79 Å². The Morgan fingerprint density at radius 3 is 2.50 bits per heavy atom. The number of hydrogen-bond acceptors (Lipinski definition) is 2. The summed E-state index contributed by atoms with van der Waals surface area (Å²) in [6.45, 7) is 7.35. The van der Waals surface area contributed by atoms with Crippen molar-refractivity contribution in [2.45, 2.75) is 39.8 Å². The van der Waals surface area contributed by atoms with Crippen LogP contribution < -0.4 is 5.32 Å². The Morgan fingerprint density at radius 1 is 1.33 bits per heavy atom. The predicted octanol–water partition coefficient (Wildman–Crippen LogP) is 2.34. The fraction of sp³-hybridized carbons (Fsp3) is 0.533. The van der Waals surface area contributed by atoms with E-state index in [4.69, 9.17) is 0 Å². The summed E-state index contributed by atoms with van der Waals surface area (Å²) < 4.78 is 0. The number of carbonyl (C=O) groups is 1. The number of hydrogen-bond donors (Lipinski definition) is 1. The summed E-state index contributed by atoms with van der Waals surface area (Å²) in [5.74, 6) is 0.135. The highest BCUT2D eigenvalue weighted by atomic mass is 16.2. The second kappa shape index (κ2) is 7.17. The van der Waals surface area contributed by atoms with Gasteiger partial charge in [-0.05, 0) is 25.8 Å². The molecule has 1 N–H and O–H groups in total. The number of nitrogens with one attached hydrogen (secondary N) is 1. The summed E-state index contributed by atoms with van der Waals surface area (Å²) in [6.07, 6.45) is 1.04. The SMILES string of the molecule is CCC(C)NCC(=O)N(C)Cc1ccc(C)cc1. The molecule has 0 aliphatic rings. The molecule has 0 bridgehead atoms. The number of likely N-dealkylation sites (N-methyl/N-ethyl adjacent to an activating group) is 1. The van der Waals surface area contributed by atoms with Crippen LogP contribution in [0.2, 0.25) is 0 Å². The minimum absolute atomic E-state index is 0.135. The van der Waals surface area contributed by atoms with Crippen LogP contribution in [0.4, 0.5) is 0 Å². The monoisotopic (exact) mass is 248 g/mol. The van der Waals surface area contributed by atoms with Crippen molar-refractivity contribution in [3.05, 3.63) is 35.4 Å². The zero-order chi connectivity index (χ0) is 13.5. The summed E-state index contributed by atoms with van der Waals surface area (Å²) in [7, 11) is 1.85. The van der Waals surface area contributed by atoms with Crippen molar-refractivity contribution in [3.8, 4) is 0 Å². The van der Waals surface area contributed by atoms with Gasteiger partial charge in [0.05, 0.1) is 6.54 Å². The van der Waals surface area contributed by atoms with Crippen molar-refractivity contribution in [3.63, 3.8) is 0 Å². The molecule has 3 nitrogen and oxygen atoms in total. The van der Waals surface area contributed by atoms with Gasteiger partial charge in [-0.1, -0.05) is 36.8 Å². The lowest BCUT2D eigenvalue weighted by Crippen LogP contribution is -2.38. The standard InChI is InChI=1S/C15H24N2O/c1-5-13(3)16-10-15(18)17(4)11-14-8-6-12(2)7-9-14/h6-9,13,16H,5,10-11H2,1-4H3. The third kappa shape index (κ3) is 4.88. The van der Waals surface area contributed by atoms with Gasteiger partial charge in [-0.25, -0.2) is 0 Å². The molecule has 1 rings (SSSR count). The highest BCUT2D eigenvalue weighted by Gasteiger charge is 2.09. The molecule has 1 atom stereocenters. The highest BCUT2D eigenvalue weighted by molar-refractivity contribution is 5.78. The molecule has 1 amide bonds. The van der Waals surface area contributed by atoms with Gasteiger partial charge >= 0.3 is 0 Å². The van der Waals surface area contributed by atoms with Crippen LogP contribution in [0.3, 0.4) is 0 Å². The number of nitrogens with zero attached hydrogens (tertiary/aromatic N) is 1. The zero-order valence-corrected chi connectivity index (χ0v) is 11.9. The Hall–Kier alpha value is -1.35. The Kier molecular flexibility index (Phi) is 5.86. The smallest absolute Gasteiger partial charge is 0.236 e. The molecule has 3 heteroatoms. The largest absolute Gasteiger partial charge is 0.340 e. The van der Waals surface area contributed by atoms with Gasteiger partial charge < -0.3 is 10.2 Å². The van der Waals surface area contributed by atoms with E-state index >= 15 is 0 Å². The van der Waals surface area contributed by atoms with E-state index in [-0.39, 0.29) is 5.91 Å². The van der Waals surface area contributed by atoms with Gasteiger partial charge in [-0.3, -0.25) is 4.79 Å². The van der Waals surface area contributed by atoms with Gasteiger partial charge in [0, 0.05) is 19.6 Å². The minimum atomic E-state index is 0.135. The first kappa shape index (κ1) is 14.7. The van der Waals surface area contributed by atoms with E-state index in [1.54, 1.807) is 4.90 Å². The quantitative estimate of drug-likeness (QED) is 0.838. The third-order valence-corrected chi connectivity index (χ3v) is 3.18. The van der Waals surface area contributed by atoms with Crippen LogP contribution in [-0.4, -0.2) is 30.4 Å². The fourth-order valence-electron chi connectivity index (χ4n) is 1.60. The second-order valence-corrected chi connectivity index (χ2v) is 4.93. The lowest BCUT2D eigenvalue weighted by Gasteiger charge is -2.19. The van der Waals surface area contributed by atoms with Crippen molar-refractivity contribution >= 4 is 5.91 Å². The first-order valence-electron chi connectivity index (χ1n) is 6.55. The molecule has 1 aromatic rings. The van der Waals surface area contributed by atoms with Crippen LogP contribution in [0.1, 0.15) is 31.4 Å². The lowest BCUT2D eigenvalue weighted by molar-refractivity contribution is -0.129. The van der Waals surface area contributed by atoms with E-state index < -0.39 is 0 Å². The topological polar surface area (TPSA) is 32.3 Å². The highest BCUT2D eigenvalue weighted by Crippen LogP contribution is 2.05. The van der Waals surface area contributed by atoms with Gasteiger partial charge in [0.2, 0.25) is 5.91 Å². The van der Waals surface area contributed by atoms with Crippen LogP contribution in [0.15, 0.2) is 24.3 Å². The number of benzene rings is 1. The Labute approximate surface area is 110 Å². The molecule has 0 saturated carbocycles. The number of amides is 1. The van der Waals surface area contributed by atoms with Gasteiger partial charge in [-0.2, -0.15) is 0 Å². The summed E-state index contributed by atoms with van der Waals surface area (Å²) in [5.41, 5.74) is 2.41. The number of aryl methyl sites for hydroxylation is 1.